The first kappa shape index (κ1) is 12.0. The number of hydrogen-bond acceptors (Lipinski definition) is 2. The second-order valence-corrected chi connectivity index (χ2v) is 5.16. The quantitative estimate of drug-likeness (QED) is 0.502. The minimum Gasteiger partial charge on any atom is -0.507 e. The molecule has 0 saturated heterocycles. The maximum atomic E-state index is 10.5. The molecule has 0 amide bonds. The highest BCUT2D eigenvalue weighted by Gasteiger charge is 2.12. The molecule has 2 nitrogen and oxygen atoms in total. The predicted octanol–water partition coefficient (Wildman–Crippen LogP) is 4.86. The summed E-state index contributed by atoms with van der Waals surface area (Å²) >= 11 is 0. The predicted molar refractivity (Wildman–Crippen MR) is 87.2 cm³/mol. The number of hydrogen-bond donors (Lipinski definition) is 1. The molecule has 0 heterocycles. The zero-order valence-electron chi connectivity index (χ0n) is 11.6. The molecule has 4 rings (SSSR count). The molecule has 0 unspecified atom stereocenters. The van der Waals surface area contributed by atoms with Gasteiger partial charge < -0.3 is 9.84 Å². The molecule has 0 aromatic heterocycles. The van der Waals surface area contributed by atoms with Gasteiger partial charge in [0.25, 0.3) is 0 Å². The molecule has 4 aromatic rings. The lowest BCUT2D eigenvalue weighted by molar-refractivity contribution is 0.409. The summed E-state index contributed by atoms with van der Waals surface area (Å²) in [5.74, 6) is 0.923. The number of phenolic OH excluding ortho intramolecular Hbond substituents is 1. The molecule has 0 fully saturated rings. The van der Waals surface area contributed by atoms with E-state index < -0.39 is 0 Å². The van der Waals surface area contributed by atoms with Gasteiger partial charge in [-0.25, -0.2) is 0 Å². The summed E-state index contributed by atoms with van der Waals surface area (Å²) in [6.07, 6.45) is 0. The largest absolute Gasteiger partial charge is 0.507 e. The van der Waals surface area contributed by atoms with Gasteiger partial charge in [0, 0.05) is 11.5 Å². The van der Waals surface area contributed by atoms with Crippen LogP contribution in [0.1, 0.15) is 0 Å². The van der Waals surface area contributed by atoms with Crippen molar-refractivity contribution in [3.63, 3.8) is 0 Å². The maximum absolute atomic E-state index is 10.5. The van der Waals surface area contributed by atoms with Crippen molar-refractivity contribution in [1.29, 1.82) is 0 Å². The lowest BCUT2D eigenvalue weighted by Crippen LogP contribution is -1.87. The third-order valence-electron chi connectivity index (χ3n) is 4.03. The molecule has 0 aliphatic heterocycles. The first-order valence-corrected chi connectivity index (χ1v) is 6.90. The minimum absolute atomic E-state index is 0.256. The van der Waals surface area contributed by atoms with Crippen molar-refractivity contribution >= 4 is 32.3 Å². The third kappa shape index (κ3) is 1.66. The van der Waals surface area contributed by atoms with E-state index in [1.165, 1.54) is 5.39 Å². The van der Waals surface area contributed by atoms with Crippen molar-refractivity contribution in [2.45, 2.75) is 0 Å². The van der Waals surface area contributed by atoms with Crippen LogP contribution >= 0.6 is 0 Å². The number of benzene rings is 4. The molecule has 0 radical (unpaired) electrons. The van der Waals surface area contributed by atoms with Crippen LogP contribution in [0.15, 0.2) is 60.7 Å². The van der Waals surface area contributed by atoms with Gasteiger partial charge in [0.05, 0.1) is 7.11 Å². The first-order valence-electron chi connectivity index (χ1n) is 6.90. The van der Waals surface area contributed by atoms with Crippen LogP contribution in [0.5, 0.6) is 11.5 Å². The van der Waals surface area contributed by atoms with Crippen molar-refractivity contribution < 1.29 is 9.84 Å². The van der Waals surface area contributed by atoms with Crippen LogP contribution in [0, 0.1) is 0 Å². The highest BCUT2D eigenvalue weighted by molar-refractivity contribution is 6.26. The van der Waals surface area contributed by atoms with Gasteiger partial charge >= 0.3 is 0 Å². The molecule has 2 heteroatoms. The van der Waals surface area contributed by atoms with Crippen LogP contribution in [0.2, 0.25) is 0 Å². The number of methoxy groups -OCH3 is 1. The summed E-state index contributed by atoms with van der Waals surface area (Å²) in [5.41, 5.74) is 0. The smallest absolute Gasteiger partial charge is 0.127 e. The Morgan fingerprint density at radius 3 is 1.86 bits per heavy atom. The van der Waals surface area contributed by atoms with Crippen LogP contribution in [0.3, 0.4) is 0 Å². The van der Waals surface area contributed by atoms with Crippen molar-refractivity contribution in [3.05, 3.63) is 60.7 Å². The van der Waals surface area contributed by atoms with E-state index in [0.29, 0.717) is 5.75 Å². The summed E-state index contributed by atoms with van der Waals surface area (Å²) in [5, 5.41) is 16.9. The number of fused-ring (bicyclic) bond motifs is 6. The van der Waals surface area contributed by atoms with Crippen LogP contribution in [0.25, 0.3) is 32.3 Å². The fourth-order valence-electron chi connectivity index (χ4n) is 3.10. The molecule has 21 heavy (non-hydrogen) atoms. The second kappa shape index (κ2) is 4.38. The maximum Gasteiger partial charge on any atom is 0.127 e. The van der Waals surface area contributed by atoms with E-state index in [2.05, 4.69) is 24.3 Å². The molecule has 0 saturated carbocycles. The molecule has 0 aliphatic rings. The molecule has 102 valence electrons. The number of ether oxygens (including phenoxy) is 1. The zero-order valence-corrected chi connectivity index (χ0v) is 11.6. The number of aromatic hydroxyl groups is 1. The van der Waals surface area contributed by atoms with Crippen LogP contribution in [0.4, 0.5) is 0 Å². The minimum atomic E-state index is 0.256. The van der Waals surface area contributed by atoms with Crippen molar-refractivity contribution in [1.82, 2.24) is 0 Å². The van der Waals surface area contributed by atoms with E-state index in [4.69, 9.17) is 4.74 Å². The lowest BCUT2D eigenvalue weighted by atomic mass is 9.94. The van der Waals surface area contributed by atoms with Gasteiger partial charge in [-0.1, -0.05) is 48.5 Å². The molecule has 0 aliphatic carbocycles. The van der Waals surface area contributed by atoms with Gasteiger partial charge in [0.2, 0.25) is 0 Å². The molecular formula is C19H14O2. The first-order chi connectivity index (χ1) is 10.3. The van der Waals surface area contributed by atoms with Crippen LogP contribution in [-0.2, 0) is 0 Å². The summed E-state index contributed by atoms with van der Waals surface area (Å²) < 4.78 is 5.30. The topological polar surface area (TPSA) is 29.5 Å². The standard InChI is InChI=1S/C19H14O2/c1-21-12-10-17-15-8-3-2-6-13(15)14-7-4-5-9-16(14)19(17)18(20)11-12/h2-11,20H,1H3. The van der Waals surface area contributed by atoms with Crippen LogP contribution < -0.4 is 4.74 Å². The van der Waals surface area contributed by atoms with Crippen LogP contribution in [-0.4, -0.2) is 12.2 Å². The average Bonchev–Trinajstić information content (AvgIpc) is 2.54. The number of phenols is 1. The Kier molecular flexibility index (Phi) is 2.51. The normalized spacial score (nSPS) is 11.3. The fourth-order valence-corrected chi connectivity index (χ4v) is 3.10. The molecule has 0 atom stereocenters. The SMILES string of the molecule is COc1cc(O)c2c3ccccc3c3ccccc3c2c1. The lowest BCUT2D eigenvalue weighted by Gasteiger charge is -2.12. The Balaban J connectivity index is 2.39. The van der Waals surface area contributed by atoms with E-state index in [0.717, 1.165) is 26.9 Å². The van der Waals surface area contributed by atoms with E-state index in [9.17, 15) is 5.11 Å². The highest BCUT2D eigenvalue weighted by atomic mass is 16.5. The summed E-state index contributed by atoms with van der Waals surface area (Å²) in [6.45, 7) is 0. The van der Waals surface area contributed by atoms with E-state index >= 15 is 0 Å². The van der Waals surface area contributed by atoms with Crippen molar-refractivity contribution in [2.75, 3.05) is 7.11 Å². The Bertz CT molecular complexity index is 987. The molecule has 1 N–H and O–H groups in total. The fraction of sp³-hybridized carbons (Fsp3) is 0.0526. The third-order valence-corrected chi connectivity index (χ3v) is 4.03. The van der Waals surface area contributed by atoms with Gasteiger partial charge in [-0.3, -0.25) is 0 Å². The highest BCUT2D eigenvalue weighted by Crippen LogP contribution is 2.41. The molecule has 4 aromatic carbocycles. The average molecular weight is 274 g/mol. The Hall–Kier alpha value is -2.74. The summed E-state index contributed by atoms with van der Waals surface area (Å²) in [4.78, 5) is 0. The van der Waals surface area contributed by atoms with Crippen molar-refractivity contribution in [2.24, 2.45) is 0 Å². The number of rotatable bonds is 1. The Labute approximate surface area is 122 Å². The summed E-state index contributed by atoms with van der Waals surface area (Å²) in [7, 11) is 1.61. The van der Waals surface area contributed by atoms with Gasteiger partial charge in [-0.2, -0.15) is 0 Å². The van der Waals surface area contributed by atoms with Gasteiger partial charge in [0.1, 0.15) is 11.5 Å². The van der Waals surface area contributed by atoms with E-state index in [1.807, 2.05) is 30.3 Å². The zero-order chi connectivity index (χ0) is 14.4. The molecule has 0 bridgehead atoms. The molecule has 0 spiro atoms. The van der Waals surface area contributed by atoms with E-state index in [1.54, 1.807) is 13.2 Å². The second-order valence-electron chi connectivity index (χ2n) is 5.16. The molecular weight excluding hydrogens is 260 g/mol. The van der Waals surface area contributed by atoms with Gasteiger partial charge in [-0.15, -0.1) is 0 Å². The Morgan fingerprint density at radius 1 is 0.714 bits per heavy atom. The summed E-state index contributed by atoms with van der Waals surface area (Å²) in [6, 6.07) is 20.1. The van der Waals surface area contributed by atoms with Gasteiger partial charge in [0.15, 0.2) is 0 Å². The van der Waals surface area contributed by atoms with Crippen molar-refractivity contribution in [3.8, 4) is 11.5 Å². The van der Waals surface area contributed by atoms with Gasteiger partial charge in [-0.05, 0) is 33.0 Å². The van der Waals surface area contributed by atoms with E-state index in [-0.39, 0.29) is 5.75 Å². The monoisotopic (exact) mass is 274 g/mol. The Morgan fingerprint density at radius 2 is 1.24 bits per heavy atom.